The highest BCUT2D eigenvalue weighted by molar-refractivity contribution is 6.24. The molecule has 0 saturated carbocycles. The highest BCUT2D eigenvalue weighted by atomic mass is 15.0. The van der Waals surface area contributed by atoms with Crippen LogP contribution in [0.2, 0.25) is 0 Å². The first-order valence-electron chi connectivity index (χ1n) is 16.6. The molecule has 0 aliphatic rings. The number of para-hydroxylation sites is 1. The van der Waals surface area contributed by atoms with Gasteiger partial charge in [0.15, 0.2) is 0 Å². The van der Waals surface area contributed by atoms with Gasteiger partial charge in [0, 0.05) is 46.8 Å². The molecule has 5 nitrogen and oxygen atoms in total. The van der Waals surface area contributed by atoms with Crippen LogP contribution in [-0.2, 0) is 0 Å². The molecule has 0 bridgehead atoms. The molecule has 0 N–H and O–H groups in total. The topological polar surface area (TPSA) is 58.9 Å². The van der Waals surface area contributed by atoms with Crippen molar-refractivity contribution >= 4 is 38.3 Å². The SMILES string of the molecule is [C-]#[N+]c1cncc(-c2cccc(-c3cc4c(c5ccccc35)c3ccc(-c5cccc(-c6cncc(C#N)c6)c5)cc3n4-c3ccccc3)c2)c1. The Bertz CT molecular complexity index is 2890. The lowest BCUT2D eigenvalue weighted by Crippen LogP contribution is -1.94. The third-order valence-electron chi connectivity index (χ3n) is 9.54. The molecule has 0 aliphatic carbocycles. The van der Waals surface area contributed by atoms with Gasteiger partial charge in [-0.3, -0.25) is 9.97 Å². The van der Waals surface area contributed by atoms with E-state index in [2.05, 4.69) is 153 Å². The Morgan fingerprint density at radius 1 is 0.510 bits per heavy atom. The lowest BCUT2D eigenvalue weighted by molar-refractivity contribution is 1.18. The van der Waals surface area contributed by atoms with Crippen LogP contribution in [0.4, 0.5) is 5.69 Å². The first-order valence-corrected chi connectivity index (χ1v) is 16.6. The van der Waals surface area contributed by atoms with E-state index in [1.54, 1.807) is 18.6 Å². The smallest absolute Gasteiger partial charge is 0.205 e. The zero-order valence-electron chi connectivity index (χ0n) is 27.3. The minimum atomic E-state index is 0.522. The van der Waals surface area contributed by atoms with E-state index in [-0.39, 0.29) is 0 Å². The van der Waals surface area contributed by atoms with Crippen molar-refractivity contribution in [3.05, 3.63) is 181 Å². The second-order valence-electron chi connectivity index (χ2n) is 12.5. The van der Waals surface area contributed by atoms with Crippen molar-refractivity contribution in [2.24, 2.45) is 0 Å². The van der Waals surface area contributed by atoms with Crippen molar-refractivity contribution in [3.8, 4) is 56.3 Å². The number of hydrogen-bond acceptors (Lipinski definition) is 3. The fourth-order valence-electron chi connectivity index (χ4n) is 7.20. The Balaban J connectivity index is 1.28. The Labute approximate surface area is 294 Å². The van der Waals surface area contributed by atoms with Gasteiger partial charge in [0.05, 0.1) is 23.2 Å². The fourth-order valence-corrected chi connectivity index (χ4v) is 7.20. The summed E-state index contributed by atoms with van der Waals surface area (Å²) in [5, 5.41) is 14.2. The quantitative estimate of drug-likeness (QED) is 0.174. The first-order chi connectivity index (χ1) is 25.2. The van der Waals surface area contributed by atoms with Crippen LogP contribution < -0.4 is 0 Å². The lowest BCUT2D eigenvalue weighted by Gasteiger charge is -2.13. The summed E-state index contributed by atoms with van der Waals surface area (Å²) < 4.78 is 2.38. The number of pyridine rings is 2. The van der Waals surface area contributed by atoms with Gasteiger partial charge in [0.1, 0.15) is 6.07 Å². The third-order valence-corrected chi connectivity index (χ3v) is 9.54. The van der Waals surface area contributed by atoms with Crippen LogP contribution in [0.1, 0.15) is 5.56 Å². The van der Waals surface area contributed by atoms with Crippen LogP contribution in [0.15, 0.2) is 164 Å². The molecular formula is C46H27N5. The maximum Gasteiger partial charge on any atom is 0.205 e. The molecule has 51 heavy (non-hydrogen) atoms. The number of fused-ring (bicyclic) bond motifs is 5. The van der Waals surface area contributed by atoms with Gasteiger partial charge in [0.2, 0.25) is 5.69 Å². The second-order valence-corrected chi connectivity index (χ2v) is 12.5. The summed E-state index contributed by atoms with van der Waals surface area (Å²) in [5.74, 6) is 0. The molecule has 9 rings (SSSR count). The molecule has 0 unspecified atom stereocenters. The van der Waals surface area contributed by atoms with Gasteiger partial charge in [-0.1, -0.05) is 91.0 Å². The minimum Gasteiger partial charge on any atom is -0.309 e. The van der Waals surface area contributed by atoms with E-state index in [4.69, 9.17) is 6.57 Å². The third kappa shape index (κ3) is 5.18. The molecule has 3 aromatic heterocycles. The number of rotatable bonds is 5. The largest absolute Gasteiger partial charge is 0.309 e. The number of nitriles is 1. The minimum absolute atomic E-state index is 0.522. The predicted molar refractivity (Wildman–Crippen MR) is 207 cm³/mol. The highest BCUT2D eigenvalue weighted by Gasteiger charge is 2.19. The van der Waals surface area contributed by atoms with E-state index in [0.717, 1.165) is 61.2 Å². The summed E-state index contributed by atoms with van der Waals surface area (Å²) in [4.78, 5) is 12.2. The molecular weight excluding hydrogens is 623 g/mol. The summed E-state index contributed by atoms with van der Waals surface area (Å²) in [6.45, 7) is 7.48. The molecule has 0 saturated heterocycles. The highest BCUT2D eigenvalue weighted by Crippen LogP contribution is 2.43. The number of benzene rings is 6. The van der Waals surface area contributed by atoms with E-state index in [0.29, 0.717) is 11.3 Å². The van der Waals surface area contributed by atoms with Crippen LogP contribution in [-0.4, -0.2) is 14.5 Å². The molecule has 0 radical (unpaired) electrons. The molecule has 0 atom stereocenters. The van der Waals surface area contributed by atoms with Crippen molar-refractivity contribution in [1.29, 1.82) is 5.26 Å². The molecule has 0 amide bonds. The van der Waals surface area contributed by atoms with E-state index in [9.17, 15) is 5.26 Å². The molecule has 0 fully saturated rings. The second kappa shape index (κ2) is 12.3. The van der Waals surface area contributed by atoms with Gasteiger partial charge >= 0.3 is 0 Å². The standard InChI is InChI=1S/C46H27N5/c1-48-38-22-37(28-50-29-38)33-11-8-12-35(21-33)43-24-45-46(41-16-6-5-15-40(41)43)42-18-17-34(23-44(42)51(45)39-13-3-2-4-14-39)31-9-7-10-32(20-31)36-19-30(25-47)26-49-27-36/h2-24,26-29H. The maximum atomic E-state index is 9.44. The molecule has 3 heterocycles. The Kier molecular flexibility index (Phi) is 7.17. The Morgan fingerprint density at radius 2 is 1.16 bits per heavy atom. The molecule has 5 heteroatoms. The number of hydrogen-bond donors (Lipinski definition) is 0. The Hall–Kier alpha value is -7.34. The summed E-state index contributed by atoms with van der Waals surface area (Å²) >= 11 is 0. The molecule has 0 spiro atoms. The molecule has 9 aromatic rings. The van der Waals surface area contributed by atoms with Crippen molar-refractivity contribution < 1.29 is 0 Å². The van der Waals surface area contributed by atoms with E-state index in [1.165, 1.54) is 21.5 Å². The van der Waals surface area contributed by atoms with Crippen LogP contribution in [0.3, 0.4) is 0 Å². The summed E-state index contributed by atoms with van der Waals surface area (Å²) in [6.07, 6.45) is 6.80. The predicted octanol–water partition coefficient (Wildman–Crippen LogP) is 11.8. The van der Waals surface area contributed by atoms with Crippen LogP contribution in [0.5, 0.6) is 0 Å². The maximum absolute atomic E-state index is 9.44. The summed E-state index contributed by atoms with van der Waals surface area (Å²) in [6, 6.07) is 51.2. The number of aromatic nitrogens is 3. The molecule has 0 aliphatic heterocycles. The fraction of sp³-hybridized carbons (Fsp3) is 0. The number of nitrogens with zero attached hydrogens (tertiary/aromatic N) is 5. The zero-order valence-corrected chi connectivity index (χ0v) is 27.3. The first kappa shape index (κ1) is 29.8. The van der Waals surface area contributed by atoms with Gasteiger partial charge < -0.3 is 4.57 Å². The van der Waals surface area contributed by atoms with Gasteiger partial charge in [-0.15, -0.1) is 0 Å². The monoisotopic (exact) mass is 649 g/mol. The van der Waals surface area contributed by atoms with Crippen molar-refractivity contribution in [2.45, 2.75) is 0 Å². The lowest BCUT2D eigenvalue weighted by atomic mass is 9.93. The average Bonchev–Trinajstić information content (AvgIpc) is 3.54. The molecule has 6 aromatic carbocycles. The summed E-state index contributed by atoms with van der Waals surface area (Å²) in [5.41, 5.74) is 12.6. The van der Waals surface area contributed by atoms with Gasteiger partial charge in [-0.2, -0.15) is 5.26 Å². The summed E-state index contributed by atoms with van der Waals surface area (Å²) in [7, 11) is 0. The van der Waals surface area contributed by atoms with Gasteiger partial charge in [0.25, 0.3) is 0 Å². The van der Waals surface area contributed by atoms with Crippen LogP contribution in [0, 0.1) is 17.9 Å². The van der Waals surface area contributed by atoms with Gasteiger partial charge in [-0.05, 0) is 98.2 Å². The van der Waals surface area contributed by atoms with E-state index < -0.39 is 0 Å². The van der Waals surface area contributed by atoms with Crippen molar-refractivity contribution in [3.63, 3.8) is 0 Å². The van der Waals surface area contributed by atoms with Crippen molar-refractivity contribution in [2.75, 3.05) is 0 Å². The van der Waals surface area contributed by atoms with Gasteiger partial charge in [-0.25, -0.2) is 4.85 Å². The average molecular weight is 650 g/mol. The molecule has 236 valence electrons. The Morgan fingerprint density at radius 3 is 1.92 bits per heavy atom. The van der Waals surface area contributed by atoms with E-state index in [1.807, 2.05) is 18.3 Å². The van der Waals surface area contributed by atoms with Crippen LogP contribution in [0.25, 0.3) is 87.6 Å². The zero-order chi connectivity index (χ0) is 34.3. The van der Waals surface area contributed by atoms with E-state index >= 15 is 0 Å². The van der Waals surface area contributed by atoms with Crippen molar-refractivity contribution in [1.82, 2.24) is 14.5 Å². The normalized spacial score (nSPS) is 11.1. The van der Waals surface area contributed by atoms with Crippen LogP contribution >= 0.6 is 0 Å².